The Kier molecular flexibility index (Phi) is 10.5. The molecular formula is C35H36ClN3O6S. The van der Waals surface area contributed by atoms with Gasteiger partial charge in [-0.25, -0.2) is 8.42 Å². The number of nitrogens with zero attached hydrogens (tertiary/aromatic N) is 2. The summed E-state index contributed by atoms with van der Waals surface area (Å²) in [7, 11) is -4.24. The van der Waals surface area contributed by atoms with Crippen molar-refractivity contribution in [1.29, 1.82) is 0 Å². The van der Waals surface area contributed by atoms with Crippen LogP contribution in [0, 0.1) is 0 Å². The zero-order valence-electron chi connectivity index (χ0n) is 25.6. The number of rotatable bonds is 12. The molecule has 0 fully saturated rings. The van der Waals surface area contributed by atoms with E-state index < -0.39 is 28.5 Å². The fourth-order valence-corrected chi connectivity index (χ4v) is 6.84. The van der Waals surface area contributed by atoms with Crippen molar-refractivity contribution < 1.29 is 27.5 Å². The Morgan fingerprint density at radius 1 is 0.826 bits per heavy atom. The molecule has 5 rings (SSSR count). The van der Waals surface area contributed by atoms with E-state index in [1.165, 1.54) is 17.0 Å². The number of hydrogen-bond acceptors (Lipinski definition) is 6. The van der Waals surface area contributed by atoms with Crippen molar-refractivity contribution >= 4 is 39.1 Å². The van der Waals surface area contributed by atoms with Crippen LogP contribution in [0.3, 0.4) is 0 Å². The molecule has 1 aliphatic rings. The summed E-state index contributed by atoms with van der Waals surface area (Å²) >= 11 is 6.31. The van der Waals surface area contributed by atoms with Crippen molar-refractivity contribution in [2.24, 2.45) is 0 Å². The van der Waals surface area contributed by atoms with E-state index in [-0.39, 0.29) is 35.5 Å². The van der Waals surface area contributed by atoms with Gasteiger partial charge in [0.1, 0.15) is 25.8 Å². The predicted octanol–water partition coefficient (Wildman–Crippen LogP) is 5.47. The summed E-state index contributed by atoms with van der Waals surface area (Å²) < 4.78 is 40.8. The Balaban J connectivity index is 1.59. The maximum atomic E-state index is 14.6. The SMILES string of the molecule is CC(C)NC(=O)[C@H](Cc1ccccc1)N(Cc1cccc(Cl)c1)C(=O)CN(c1ccc2c(c1)OCCO2)S(=O)(=O)c1ccccc1. The van der Waals surface area contributed by atoms with Gasteiger partial charge in [0.2, 0.25) is 11.8 Å². The lowest BCUT2D eigenvalue weighted by atomic mass is 10.0. The standard InChI is InChI=1S/C35H36ClN3O6S/c1-25(2)37-35(41)31(21-26-10-5-3-6-11-26)38(23-27-12-9-13-28(36)20-27)34(40)24-39(46(42,43)30-14-7-4-8-15-30)29-16-17-32-33(22-29)45-19-18-44-32/h3-17,20,22,25,31H,18-19,21,23-24H2,1-2H3,(H,37,41)/t31-/m0/s1. The van der Waals surface area contributed by atoms with Crippen LogP contribution in [0.25, 0.3) is 0 Å². The average molecular weight is 662 g/mol. The van der Waals surface area contributed by atoms with Crippen molar-refractivity contribution in [1.82, 2.24) is 10.2 Å². The number of halogens is 1. The van der Waals surface area contributed by atoms with E-state index in [1.54, 1.807) is 54.6 Å². The molecule has 9 nitrogen and oxygen atoms in total. The number of carbonyl (C=O) groups excluding carboxylic acids is 2. The maximum absolute atomic E-state index is 14.6. The average Bonchev–Trinajstić information content (AvgIpc) is 3.05. The molecular weight excluding hydrogens is 626 g/mol. The van der Waals surface area contributed by atoms with Gasteiger partial charge in [-0.1, -0.05) is 72.3 Å². The van der Waals surface area contributed by atoms with Crippen molar-refractivity contribution in [3.05, 3.63) is 119 Å². The quantitative estimate of drug-likeness (QED) is 0.216. The Morgan fingerprint density at radius 3 is 2.15 bits per heavy atom. The molecule has 0 saturated carbocycles. The zero-order chi connectivity index (χ0) is 32.7. The lowest BCUT2D eigenvalue weighted by molar-refractivity contribution is -0.140. The Morgan fingerprint density at radius 2 is 1.48 bits per heavy atom. The first-order chi connectivity index (χ1) is 22.1. The first kappa shape index (κ1) is 32.8. The molecule has 1 atom stereocenters. The summed E-state index contributed by atoms with van der Waals surface area (Å²) in [5.74, 6) is -0.0759. The molecule has 0 aliphatic carbocycles. The second-order valence-electron chi connectivity index (χ2n) is 11.2. The molecule has 4 aromatic carbocycles. The fraction of sp³-hybridized carbons (Fsp3) is 0.257. The van der Waals surface area contributed by atoms with Gasteiger partial charge in [0.15, 0.2) is 11.5 Å². The molecule has 4 aromatic rings. The van der Waals surface area contributed by atoms with Crippen LogP contribution in [0.5, 0.6) is 11.5 Å². The van der Waals surface area contributed by atoms with E-state index in [1.807, 2.05) is 50.2 Å². The van der Waals surface area contributed by atoms with Crippen LogP contribution in [-0.2, 0) is 32.6 Å². The van der Waals surface area contributed by atoms with Gasteiger partial charge in [0.25, 0.3) is 10.0 Å². The molecule has 0 saturated heterocycles. The van der Waals surface area contributed by atoms with E-state index in [2.05, 4.69) is 5.32 Å². The molecule has 1 aliphatic heterocycles. The first-order valence-electron chi connectivity index (χ1n) is 15.0. The highest BCUT2D eigenvalue weighted by atomic mass is 35.5. The summed E-state index contributed by atoms with van der Waals surface area (Å²) in [5.41, 5.74) is 1.75. The number of fused-ring (bicyclic) bond motifs is 1. The first-order valence-corrected chi connectivity index (χ1v) is 16.8. The van der Waals surface area contributed by atoms with Crippen LogP contribution >= 0.6 is 11.6 Å². The van der Waals surface area contributed by atoms with Crippen LogP contribution in [-0.4, -0.2) is 57.0 Å². The Labute approximate surface area is 274 Å². The molecule has 0 bridgehead atoms. The molecule has 1 N–H and O–H groups in total. The summed E-state index contributed by atoms with van der Waals surface area (Å²) in [5, 5.41) is 3.42. The van der Waals surface area contributed by atoms with Crippen molar-refractivity contribution in [3.63, 3.8) is 0 Å². The van der Waals surface area contributed by atoms with Crippen molar-refractivity contribution in [2.45, 2.75) is 43.8 Å². The van der Waals surface area contributed by atoms with Crippen LogP contribution < -0.4 is 19.1 Å². The predicted molar refractivity (Wildman–Crippen MR) is 178 cm³/mol. The molecule has 240 valence electrons. The number of ether oxygens (including phenoxy) is 2. The van der Waals surface area contributed by atoms with Gasteiger partial charge in [-0.15, -0.1) is 0 Å². The lowest BCUT2D eigenvalue weighted by Crippen LogP contribution is -2.54. The number of carbonyl (C=O) groups is 2. The molecule has 0 radical (unpaired) electrons. The molecule has 1 heterocycles. The van der Waals surface area contributed by atoms with Crippen LogP contribution in [0.1, 0.15) is 25.0 Å². The number of hydrogen-bond donors (Lipinski definition) is 1. The van der Waals surface area contributed by atoms with Gasteiger partial charge in [-0.05, 0) is 61.4 Å². The normalized spacial score (nSPS) is 13.1. The molecule has 0 unspecified atom stereocenters. The maximum Gasteiger partial charge on any atom is 0.264 e. The fourth-order valence-electron chi connectivity index (χ4n) is 5.20. The third kappa shape index (κ3) is 7.99. The van der Waals surface area contributed by atoms with E-state index in [0.717, 1.165) is 9.87 Å². The second-order valence-corrected chi connectivity index (χ2v) is 13.5. The minimum atomic E-state index is -4.24. The highest BCUT2D eigenvalue weighted by Gasteiger charge is 2.35. The second kappa shape index (κ2) is 14.7. The number of benzene rings is 4. The minimum absolute atomic E-state index is 0.0115. The smallest absolute Gasteiger partial charge is 0.264 e. The molecule has 46 heavy (non-hydrogen) atoms. The number of amides is 2. The zero-order valence-corrected chi connectivity index (χ0v) is 27.2. The number of sulfonamides is 1. The van der Waals surface area contributed by atoms with E-state index in [9.17, 15) is 18.0 Å². The topological polar surface area (TPSA) is 105 Å². The number of anilines is 1. The van der Waals surface area contributed by atoms with Crippen molar-refractivity contribution in [2.75, 3.05) is 24.1 Å². The molecule has 11 heteroatoms. The Hall–Kier alpha value is -4.54. The highest BCUT2D eigenvalue weighted by molar-refractivity contribution is 7.92. The monoisotopic (exact) mass is 661 g/mol. The Bertz CT molecular complexity index is 1770. The third-order valence-corrected chi connectivity index (χ3v) is 9.39. The van der Waals surface area contributed by atoms with Gasteiger partial charge in [-0.3, -0.25) is 13.9 Å². The van der Waals surface area contributed by atoms with Crippen LogP contribution in [0.4, 0.5) is 5.69 Å². The van der Waals surface area contributed by atoms with Crippen molar-refractivity contribution in [3.8, 4) is 11.5 Å². The molecule has 2 amide bonds. The third-order valence-electron chi connectivity index (χ3n) is 7.37. The van der Waals surface area contributed by atoms with E-state index >= 15 is 0 Å². The summed E-state index contributed by atoms with van der Waals surface area (Å²) in [6.45, 7) is 3.80. The summed E-state index contributed by atoms with van der Waals surface area (Å²) in [6.07, 6.45) is 0.209. The molecule has 0 spiro atoms. The minimum Gasteiger partial charge on any atom is -0.486 e. The van der Waals surface area contributed by atoms with E-state index in [0.29, 0.717) is 35.3 Å². The van der Waals surface area contributed by atoms with E-state index in [4.69, 9.17) is 21.1 Å². The number of nitrogens with one attached hydrogen (secondary N) is 1. The summed E-state index contributed by atoms with van der Waals surface area (Å²) in [6, 6.07) is 27.9. The lowest BCUT2D eigenvalue weighted by Gasteiger charge is -2.34. The highest BCUT2D eigenvalue weighted by Crippen LogP contribution is 2.36. The molecule has 0 aromatic heterocycles. The summed E-state index contributed by atoms with van der Waals surface area (Å²) in [4.78, 5) is 29.8. The van der Waals surface area contributed by atoms with Gasteiger partial charge >= 0.3 is 0 Å². The van der Waals surface area contributed by atoms with Gasteiger partial charge in [-0.2, -0.15) is 0 Å². The van der Waals surface area contributed by atoms with Gasteiger partial charge in [0.05, 0.1) is 10.6 Å². The van der Waals surface area contributed by atoms with Crippen LogP contribution in [0.2, 0.25) is 5.02 Å². The van der Waals surface area contributed by atoms with Gasteiger partial charge < -0.3 is 19.7 Å². The largest absolute Gasteiger partial charge is 0.486 e. The van der Waals surface area contributed by atoms with Crippen LogP contribution in [0.15, 0.2) is 108 Å². The van der Waals surface area contributed by atoms with Gasteiger partial charge in [0, 0.05) is 30.1 Å².